The Bertz CT molecular complexity index is 816. The zero-order valence-electron chi connectivity index (χ0n) is 14.3. The lowest BCUT2D eigenvalue weighted by Gasteiger charge is -2.22. The number of nitrogens with one attached hydrogen (secondary N) is 1. The molecule has 3 aromatic rings. The number of nitrogens with zero attached hydrogens (tertiary/aromatic N) is 6. The number of methoxy groups -OCH3 is 1. The highest BCUT2D eigenvalue weighted by atomic mass is 16.5. The lowest BCUT2D eigenvalue weighted by Crippen LogP contribution is -2.25. The van der Waals surface area contributed by atoms with Crippen molar-refractivity contribution < 1.29 is 4.74 Å². The first kappa shape index (κ1) is 15.9. The van der Waals surface area contributed by atoms with Crippen molar-refractivity contribution in [1.82, 2.24) is 34.8 Å². The van der Waals surface area contributed by atoms with Gasteiger partial charge in [-0.05, 0) is 30.5 Å². The van der Waals surface area contributed by atoms with Gasteiger partial charge < -0.3 is 4.74 Å². The monoisotopic (exact) mass is 339 g/mol. The van der Waals surface area contributed by atoms with E-state index in [0.29, 0.717) is 0 Å². The molecule has 8 nitrogen and oxygen atoms in total. The van der Waals surface area contributed by atoms with E-state index in [2.05, 4.69) is 55.3 Å². The minimum atomic E-state index is 0.197. The Morgan fingerprint density at radius 2 is 2.24 bits per heavy atom. The molecule has 1 fully saturated rings. The fourth-order valence-electron chi connectivity index (χ4n) is 3.51. The van der Waals surface area contributed by atoms with Crippen molar-refractivity contribution in [2.75, 3.05) is 13.7 Å². The largest absolute Gasteiger partial charge is 0.380 e. The smallest absolute Gasteiger partial charge is 0.141 e. The van der Waals surface area contributed by atoms with Gasteiger partial charge in [0.15, 0.2) is 0 Å². The summed E-state index contributed by atoms with van der Waals surface area (Å²) in [6, 6.07) is 6.63. The van der Waals surface area contributed by atoms with Crippen LogP contribution >= 0.6 is 0 Å². The van der Waals surface area contributed by atoms with E-state index in [1.54, 1.807) is 30.8 Å². The van der Waals surface area contributed by atoms with E-state index >= 15 is 0 Å². The number of aryl methyl sites for hydroxylation is 1. The van der Waals surface area contributed by atoms with Crippen LogP contribution in [0.5, 0.6) is 0 Å². The number of benzene rings is 1. The van der Waals surface area contributed by atoms with E-state index < -0.39 is 0 Å². The molecule has 0 bridgehead atoms. The van der Waals surface area contributed by atoms with E-state index in [9.17, 15) is 0 Å². The molecule has 0 radical (unpaired) electrons. The number of aromatic amines is 1. The van der Waals surface area contributed by atoms with Gasteiger partial charge in [-0.15, -0.1) is 0 Å². The molecule has 2 atom stereocenters. The predicted molar refractivity (Wildman–Crippen MR) is 91.0 cm³/mol. The van der Waals surface area contributed by atoms with Crippen LogP contribution in [0.15, 0.2) is 37.2 Å². The molecule has 8 heteroatoms. The summed E-state index contributed by atoms with van der Waals surface area (Å²) in [5, 5.41) is 11.2. The summed E-state index contributed by atoms with van der Waals surface area (Å²) < 4.78 is 7.36. The van der Waals surface area contributed by atoms with Crippen molar-refractivity contribution in [3.05, 3.63) is 54.1 Å². The second kappa shape index (κ2) is 6.73. The Hall–Kier alpha value is -2.58. The van der Waals surface area contributed by atoms with Crippen LogP contribution in [-0.2, 0) is 11.3 Å². The summed E-state index contributed by atoms with van der Waals surface area (Å²) in [5.74, 6) is 0.899. The lowest BCUT2D eigenvalue weighted by atomic mass is 10.1. The van der Waals surface area contributed by atoms with Gasteiger partial charge in [-0.25, -0.2) is 14.6 Å². The number of H-pyrrole nitrogens is 1. The van der Waals surface area contributed by atoms with Crippen LogP contribution in [0.1, 0.15) is 29.4 Å². The number of hydrogen-bond donors (Lipinski definition) is 1. The number of likely N-dealkylation sites (tertiary alicyclic amines) is 1. The van der Waals surface area contributed by atoms with Gasteiger partial charge >= 0.3 is 0 Å². The van der Waals surface area contributed by atoms with Gasteiger partial charge in [0.05, 0.1) is 17.8 Å². The summed E-state index contributed by atoms with van der Waals surface area (Å²) in [7, 11) is 1.77. The molecule has 0 amide bonds. The van der Waals surface area contributed by atoms with Crippen LogP contribution in [0.25, 0.3) is 5.69 Å². The molecule has 1 aromatic carbocycles. The van der Waals surface area contributed by atoms with Crippen molar-refractivity contribution in [3.8, 4) is 5.69 Å². The molecule has 2 aromatic heterocycles. The maximum absolute atomic E-state index is 5.58. The van der Waals surface area contributed by atoms with Crippen LogP contribution in [0, 0.1) is 6.92 Å². The summed E-state index contributed by atoms with van der Waals surface area (Å²) in [5.41, 5.74) is 3.47. The van der Waals surface area contributed by atoms with Crippen molar-refractivity contribution in [3.63, 3.8) is 0 Å². The van der Waals surface area contributed by atoms with Crippen molar-refractivity contribution in [1.29, 1.82) is 0 Å². The SMILES string of the molecule is CO[C@@H]1C[C@@H](c2ncn[nH]2)N(Cc2ccc(-n3cncn3)c(C)c2)C1. The molecule has 0 saturated carbocycles. The van der Waals surface area contributed by atoms with Crippen LogP contribution in [0.3, 0.4) is 0 Å². The first-order valence-electron chi connectivity index (χ1n) is 8.31. The zero-order valence-corrected chi connectivity index (χ0v) is 14.3. The molecule has 25 heavy (non-hydrogen) atoms. The van der Waals surface area contributed by atoms with Gasteiger partial charge in [0.1, 0.15) is 24.8 Å². The molecule has 1 saturated heterocycles. The van der Waals surface area contributed by atoms with E-state index in [1.165, 1.54) is 11.1 Å². The Balaban J connectivity index is 1.55. The van der Waals surface area contributed by atoms with Gasteiger partial charge in [-0.1, -0.05) is 12.1 Å². The van der Waals surface area contributed by atoms with Crippen molar-refractivity contribution in [2.24, 2.45) is 0 Å². The fraction of sp³-hybridized carbons (Fsp3) is 0.412. The van der Waals surface area contributed by atoms with Gasteiger partial charge in [-0.3, -0.25) is 10.00 Å². The fourth-order valence-corrected chi connectivity index (χ4v) is 3.51. The second-order valence-corrected chi connectivity index (χ2v) is 6.37. The molecule has 0 spiro atoms. The van der Waals surface area contributed by atoms with Crippen molar-refractivity contribution >= 4 is 0 Å². The highest BCUT2D eigenvalue weighted by Gasteiger charge is 2.34. The zero-order chi connectivity index (χ0) is 17.2. The van der Waals surface area contributed by atoms with Crippen LogP contribution in [-0.4, -0.2) is 54.6 Å². The topological polar surface area (TPSA) is 84.8 Å². The third kappa shape index (κ3) is 3.18. The van der Waals surface area contributed by atoms with E-state index in [0.717, 1.165) is 31.0 Å². The van der Waals surface area contributed by atoms with Crippen molar-refractivity contribution in [2.45, 2.75) is 32.0 Å². The quantitative estimate of drug-likeness (QED) is 0.761. The third-order valence-electron chi connectivity index (χ3n) is 4.76. The molecular formula is C17H21N7O. The second-order valence-electron chi connectivity index (χ2n) is 6.37. The maximum atomic E-state index is 5.58. The van der Waals surface area contributed by atoms with E-state index in [-0.39, 0.29) is 12.1 Å². The normalized spacial score (nSPS) is 21.0. The first-order valence-corrected chi connectivity index (χ1v) is 8.31. The lowest BCUT2D eigenvalue weighted by molar-refractivity contribution is 0.107. The van der Waals surface area contributed by atoms with Gasteiger partial charge in [-0.2, -0.15) is 10.2 Å². The summed E-state index contributed by atoms with van der Waals surface area (Å²) in [4.78, 5) is 10.7. The highest BCUT2D eigenvalue weighted by molar-refractivity contribution is 5.41. The number of hydrogen-bond acceptors (Lipinski definition) is 6. The van der Waals surface area contributed by atoms with Crippen LogP contribution in [0.2, 0.25) is 0 Å². The molecule has 1 N–H and O–H groups in total. The van der Waals surface area contributed by atoms with Crippen LogP contribution in [0.4, 0.5) is 0 Å². The Labute approximate surface area is 145 Å². The number of aromatic nitrogens is 6. The number of ether oxygens (including phenoxy) is 1. The van der Waals surface area contributed by atoms with Gasteiger partial charge in [0.25, 0.3) is 0 Å². The molecular weight excluding hydrogens is 318 g/mol. The van der Waals surface area contributed by atoms with Gasteiger partial charge in [0.2, 0.25) is 0 Å². The standard InChI is InChI=1S/C17H21N7O/c1-12-5-13(3-4-15(12)24-11-18-9-21-24)7-23-8-14(25-2)6-16(23)17-19-10-20-22-17/h3-5,9-11,14,16H,6-8H2,1-2H3,(H,19,20,22)/t14-,16+/m1/s1. The molecule has 1 aliphatic heterocycles. The molecule has 1 aliphatic rings. The molecule has 3 heterocycles. The first-order chi connectivity index (χ1) is 12.2. The number of rotatable bonds is 5. The molecule has 4 rings (SSSR count). The van der Waals surface area contributed by atoms with Gasteiger partial charge in [0, 0.05) is 20.2 Å². The molecule has 130 valence electrons. The van der Waals surface area contributed by atoms with Crippen LogP contribution < -0.4 is 0 Å². The summed E-state index contributed by atoms with van der Waals surface area (Å²) >= 11 is 0. The minimum absolute atomic E-state index is 0.197. The Kier molecular flexibility index (Phi) is 4.29. The Morgan fingerprint density at radius 1 is 1.32 bits per heavy atom. The average molecular weight is 339 g/mol. The minimum Gasteiger partial charge on any atom is -0.380 e. The highest BCUT2D eigenvalue weighted by Crippen LogP contribution is 2.32. The molecule has 0 unspecified atom stereocenters. The van der Waals surface area contributed by atoms with E-state index in [4.69, 9.17) is 4.74 Å². The predicted octanol–water partition coefficient (Wildman–Crippen LogP) is 1.66. The third-order valence-corrected chi connectivity index (χ3v) is 4.76. The van der Waals surface area contributed by atoms with E-state index in [1.807, 2.05) is 0 Å². The maximum Gasteiger partial charge on any atom is 0.141 e. The average Bonchev–Trinajstić information content (AvgIpc) is 3.36. The summed E-state index contributed by atoms with van der Waals surface area (Å²) in [6.07, 6.45) is 5.95. The summed E-state index contributed by atoms with van der Waals surface area (Å²) in [6.45, 7) is 3.81. The molecule has 0 aliphatic carbocycles. The Morgan fingerprint density at radius 3 is 2.92 bits per heavy atom.